The highest BCUT2D eigenvalue weighted by Crippen LogP contribution is 2.43. The number of hydrogen-bond donors (Lipinski definition) is 1. The van der Waals surface area contributed by atoms with Gasteiger partial charge in [-0.3, -0.25) is 14.5 Å². The van der Waals surface area contributed by atoms with Gasteiger partial charge in [-0.25, -0.2) is 0 Å². The minimum atomic E-state index is -0.856. The molecule has 1 aromatic carbocycles. The molecular formula is C20H16BrN3O4S. The minimum absolute atomic E-state index is 0.0429. The maximum Gasteiger partial charge on any atom is 0.296 e. The highest BCUT2D eigenvalue weighted by atomic mass is 79.9. The van der Waals surface area contributed by atoms with E-state index in [4.69, 9.17) is 4.42 Å². The predicted octanol–water partition coefficient (Wildman–Crippen LogP) is 4.80. The molecule has 3 aromatic rings. The SMILES string of the molecule is CC(C)c1nnc(N2C(=O)C(O)=C(C(=O)c3ccco3)[C@H]2c2cccc(Br)c2)s1. The number of carbonyl (C=O) groups is 2. The van der Waals surface area contributed by atoms with Crippen molar-refractivity contribution in [3.8, 4) is 0 Å². The standard InChI is InChI=1S/C20H16BrN3O4S/c1-10(2)18-22-23-20(29-18)24-15(11-5-3-6-12(21)9-11)14(17(26)19(24)27)16(25)13-7-4-8-28-13/h3-10,15,26H,1-2H3/t15-/m1/s1. The average molecular weight is 474 g/mol. The van der Waals surface area contributed by atoms with Gasteiger partial charge in [0.05, 0.1) is 17.9 Å². The number of hydrogen-bond acceptors (Lipinski definition) is 7. The van der Waals surface area contributed by atoms with Crippen LogP contribution in [0.1, 0.15) is 46.9 Å². The maximum absolute atomic E-state index is 13.1. The minimum Gasteiger partial charge on any atom is -0.503 e. The van der Waals surface area contributed by atoms with Gasteiger partial charge in [0.2, 0.25) is 10.9 Å². The molecule has 148 valence electrons. The fraction of sp³-hybridized carbons (Fsp3) is 0.200. The third kappa shape index (κ3) is 3.40. The Morgan fingerprint density at radius 1 is 1.28 bits per heavy atom. The van der Waals surface area contributed by atoms with Crippen molar-refractivity contribution < 1.29 is 19.1 Å². The smallest absolute Gasteiger partial charge is 0.296 e. The van der Waals surface area contributed by atoms with E-state index in [1.165, 1.54) is 28.6 Å². The molecule has 0 spiro atoms. The molecule has 4 rings (SSSR count). The van der Waals surface area contributed by atoms with Crippen LogP contribution in [0, 0.1) is 0 Å². The van der Waals surface area contributed by atoms with Crippen LogP contribution in [0.3, 0.4) is 0 Å². The van der Waals surface area contributed by atoms with Crippen LogP contribution >= 0.6 is 27.3 Å². The lowest BCUT2D eigenvalue weighted by Crippen LogP contribution is -2.31. The van der Waals surface area contributed by atoms with Crippen LogP contribution in [0.5, 0.6) is 0 Å². The normalized spacial score (nSPS) is 16.9. The van der Waals surface area contributed by atoms with E-state index in [2.05, 4.69) is 26.1 Å². The van der Waals surface area contributed by atoms with Crippen LogP contribution < -0.4 is 4.90 Å². The van der Waals surface area contributed by atoms with Crippen molar-refractivity contribution in [1.82, 2.24) is 10.2 Å². The van der Waals surface area contributed by atoms with Gasteiger partial charge >= 0.3 is 0 Å². The summed E-state index contributed by atoms with van der Waals surface area (Å²) in [4.78, 5) is 27.4. The zero-order valence-electron chi connectivity index (χ0n) is 15.5. The zero-order valence-corrected chi connectivity index (χ0v) is 17.9. The van der Waals surface area contributed by atoms with E-state index < -0.39 is 23.5 Å². The van der Waals surface area contributed by atoms with Crippen LogP contribution in [0.4, 0.5) is 5.13 Å². The second-order valence-electron chi connectivity index (χ2n) is 6.78. The number of carbonyl (C=O) groups excluding carboxylic acids is 2. The highest BCUT2D eigenvalue weighted by molar-refractivity contribution is 9.10. The van der Waals surface area contributed by atoms with E-state index in [1.54, 1.807) is 24.3 Å². The third-order valence-electron chi connectivity index (χ3n) is 4.49. The number of aliphatic hydroxyl groups is 1. The molecule has 2 aromatic heterocycles. The lowest BCUT2D eigenvalue weighted by Gasteiger charge is -2.24. The first kappa shape index (κ1) is 19.5. The van der Waals surface area contributed by atoms with Gasteiger partial charge < -0.3 is 9.52 Å². The first-order chi connectivity index (χ1) is 13.9. The molecule has 1 N–H and O–H groups in total. The number of halogens is 1. The second-order valence-corrected chi connectivity index (χ2v) is 8.68. The number of benzene rings is 1. The predicted molar refractivity (Wildman–Crippen MR) is 111 cm³/mol. The fourth-order valence-electron chi connectivity index (χ4n) is 3.12. The monoisotopic (exact) mass is 473 g/mol. The van der Waals surface area contributed by atoms with Crippen LogP contribution in [0.25, 0.3) is 0 Å². The molecule has 29 heavy (non-hydrogen) atoms. The topological polar surface area (TPSA) is 96.5 Å². The number of rotatable bonds is 5. The summed E-state index contributed by atoms with van der Waals surface area (Å²) in [6.45, 7) is 3.95. The van der Waals surface area contributed by atoms with E-state index in [0.717, 1.165) is 9.48 Å². The van der Waals surface area contributed by atoms with E-state index >= 15 is 0 Å². The van der Waals surface area contributed by atoms with Crippen LogP contribution in [0.15, 0.2) is 62.9 Å². The Labute approximate surface area is 178 Å². The summed E-state index contributed by atoms with van der Waals surface area (Å²) in [7, 11) is 0. The molecule has 9 heteroatoms. The molecule has 7 nitrogen and oxygen atoms in total. The summed E-state index contributed by atoms with van der Waals surface area (Å²) in [6, 6.07) is 9.43. The van der Waals surface area contributed by atoms with Gasteiger partial charge in [-0.1, -0.05) is 53.2 Å². The summed E-state index contributed by atoms with van der Waals surface area (Å²) in [6.07, 6.45) is 1.37. The molecule has 0 saturated carbocycles. The van der Waals surface area contributed by atoms with Gasteiger partial charge in [0.1, 0.15) is 5.01 Å². The Morgan fingerprint density at radius 2 is 2.07 bits per heavy atom. The quantitative estimate of drug-likeness (QED) is 0.534. The fourth-order valence-corrected chi connectivity index (χ4v) is 4.41. The molecule has 1 aliphatic rings. The summed E-state index contributed by atoms with van der Waals surface area (Å²) in [5.74, 6) is -1.69. The molecular weight excluding hydrogens is 458 g/mol. The van der Waals surface area contributed by atoms with Crippen molar-refractivity contribution in [2.24, 2.45) is 0 Å². The molecule has 1 amide bonds. The Bertz CT molecular complexity index is 1120. The number of furan rings is 1. The summed E-state index contributed by atoms with van der Waals surface area (Å²) < 4.78 is 5.99. The van der Waals surface area contributed by atoms with Gasteiger partial charge in [0.25, 0.3) is 5.91 Å². The summed E-state index contributed by atoms with van der Waals surface area (Å²) >= 11 is 4.68. The Hall–Kier alpha value is -2.78. The van der Waals surface area contributed by atoms with E-state index in [9.17, 15) is 14.7 Å². The first-order valence-corrected chi connectivity index (χ1v) is 10.4. The maximum atomic E-state index is 13.1. The van der Waals surface area contributed by atoms with Crippen LogP contribution in [-0.4, -0.2) is 27.0 Å². The van der Waals surface area contributed by atoms with Crippen molar-refractivity contribution in [2.75, 3.05) is 4.90 Å². The molecule has 0 saturated heterocycles. The van der Waals surface area contributed by atoms with E-state index in [0.29, 0.717) is 10.7 Å². The van der Waals surface area contributed by atoms with Gasteiger partial charge in [-0.05, 0) is 29.8 Å². The lowest BCUT2D eigenvalue weighted by atomic mass is 9.95. The summed E-state index contributed by atoms with van der Waals surface area (Å²) in [5, 5.41) is 20.0. The molecule has 0 bridgehead atoms. The largest absolute Gasteiger partial charge is 0.503 e. The Balaban J connectivity index is 1.87. The molecule has 0 fully saturated rings. The number of anilines is 1. The second kappa shape index (κ2) is 7.57. The van der Waals surface area contributed by atoms with Crippen LogP contribution in [0.2, 0.25) is 0 Å². The number of nitrogens with zero attached hydrogens (tertiary/aromatic N) is 3. The highest BCUT2D eigenvalue weighted by Gasteiger charge is 2.46. The summed E-state index contributed by atoms with van der Waals surface area (Å²) in [5.41, 5.74) is 0.595. The van der Waals surface area contributed by atoms with Crippen molar-refractivity contribution in [3.05, 3.63) is 74.8 Å². The molecule has 1 atom stereocenters. The number of ketones is 1. The van der Waals surface area contributed by atoms with Gasteiger partial charge in [-0.15, -0.1) is 10.2 Å². The van der Waals surface area contributed by atoms with Crippen molar-refractivity contribution in [2.45, 2.75) is 25.8 Å². The van der Waals surface area contributed by atoms with Crippen LogP contribution in [-0.2, 0) is 4.79 Å². The molecule has 0 aliphatic carbocycles. The third-order valence-corrected chi connectivity index (χ3v) is 6.21. The molecule has 3 heterocycles. The molecule has 0 radical (unpaired) electrons. The number of amides is 1. The van der Waals surface area contributed by atoms with Gasteiger partial charge in [0.15, 0.2) is 11.5 Å². The van der Waals surface area contributed by atoms with Crippen molar-refractivity contribution in [3.63, 3.8) is 0 Å². The lowest BCUT2D eigenvalue weighted by molar-refractivity contribution is -0.117. The average Bonchev–Trinajstić information content (AvgIpc) is 3.42. The van der Waals surface area contributed by atoms with Gasteiger partial charge in [-0.2, -0.15) is 0 Å². The Morgan fingerprint density at radius 3 is 2.69 bits per heavy atom. The number of aromatic nitrogens is 2. The number of aliphatic hydroxyl groups excluding tert-OH is 1. The van der Waals surface area contributed by atoms with Gasteiger partial charge in [0, 0.05) is 10.4 Å². The number of Topliss-reactive ketones (excluding diaryl/α,β-unsaturated/α-hetero) is 1. The molecule has 1 aliphatic heterocycles. The molecule has 0 unspecified atom stereocenters. The van der Waals surface area contributed by atoms with Crippen molar-refractivity contribution >= 4 is 44.1 Å². The van der Waals surface area contributed by atoms with Crippen molar-refractivity contribution in [1.29, 1.82) is 0 Å². The van der Waals surface area contributed by atoms with E-state index in [1.807, 2.05) is 19.9 Å². The Kier molecular flexibility index (Phi) is 5.10. The first-order valence-electron chi connectivity index (χ1n) is 8.82. The zero-order chi connectivity index (χ0) is 20.7. The van der Waals surface area contributed by atoms with E-state index in [-0.39, 0.29) is 17.3 Å².